The Bertz CT molecular complexity index is 713. The van der Waals surface area contributed by atoms with Crippen LogP contribution < -0.4 is 11.5 Å². The minimum absolute atomic E-state index is 0.0263. The third kappa shape index (κ3) is 2.93. The van der Waals surface area contributed by atoms with E-state index >= 15 is 0 Å². The van der Waals surface area contributed by atoms with E-state index in [0.29, 0.717) is 18.2 Å². The summed E-state index contributed by atoms with van der Waals surface area (Å²) in [5, 5.41) is 0. The highest BCUT2D eigenvalue weighted by atomic mass is 19.4. The SMILES string of the molecule is NC(=O)c1cc(-c2cc(C(F)(F)F)ccc2F)cnc1N. The van der Waals surface area contributed by atoms with Crippen LogP contribution in [0.5, 0.6) is 0 Å². The second kappa shape index (κ2) is 5.04. The van der Waals surface area contributed by atoms with Gasteiger partial charge in [0.1, 0.15) is 11.6 Å². The van der Waals surface area contributed by atoms with E-state index in [2.05, 4.69) is 4.98 Å². The topological polar surface area (TPSA) is 82.0 Å². The first-order valence-electron chi connectivity index (χ1n) is 5.62. The van der Waals surface area contributed by atoms with Crippen molar-refractivity contribution in [3.8, 4) is 11.1 Å². The van der Waals surface area contributed by atoms with Crippen LogP contribution in [-0.2, 0) is 6.18 Å². The molecule has 4 N–H and O–H groups in total. The monoisotopic (exact) mass is 299 g/mol. The van der Waals surface area contributed by atoms with Crippen molar-refractivity contribution in [1.29, 1.82) is 0 Å². The lowest BCUT2D eigenvalue weighted by molar-refractivity contribution is -0.137. The van der Waals surface area contributed by atoms with Crippen LogP contribution in [0.2, 0.25) is 0 Å². The first kappa shape index (κ1) is 14.8. The summed E-state index contributed by atoms with van der Waals surface area (Å²) in [6, 6.07) is 3.05. The Kier molecular flexibility index (Phi) is 3.54. The molecule has 1 amide bonds. The fourth-order valence-corrected chi connectivity index (χ4v) is 1.74. The molecule has 4 nitrogen and oxygen atoms in total. The average molecular weight is 299 g/mol. The van der Waals surface area contributed by atoms with Crippen molar-refractivity contribution in [2.24, 2.45) is 5.73 Å². The number of carbonyl (C=O) groups is 1. The van der Waals surface area contributed by atoms with E-state index in [-0.39, 0.29) is 22.5 Å². The number of primary amides is 1. The molecule has 0 fully saturated rings. The third-order valence-electron chi connectivity index (χ3n) is 2.79. The van der Waals surface area contributed by atoms with Crippen LogP contribution in [0.3, 0.4) is 0 Å². The molecular formula is C13H9F4N3O. The number of alkyl halides is 3. The third-order valence-corrected chi connectivity index (χ3v) is 2.79. The van der Waals surface area contributed by atoms with Gasteiger partial charge in [-0.15, -0.1) is 0 Å². The Morgan fingerprint density at radius 3 is 2.43 bits per heavy atom. The molecule has 1 aromatic carbocycles. The fourth-order valence-electron chi connectivity index (χ4n) is 1.74. The maximum atomic E-state index is 13.7. The van der Waals surface area contributed by atoms with Gasteiger partial charge in [-0.25, -0.2) is 9.37 Å². The highest BCUT2D eigenvalue weighted by Gasteiger charge is 2.31. The Labute approximate surface area is 116 Å². The molecule has 21 heavy (non-hydrogen) atoms. The number of rotatable bonds is 2. The largest absolute Gasteiger partial charge is 0.416 e. The lowest BCUT2D eigenvalue weighted by atomic mass is 10.0. The second-order valence-electron chi connectivity index (χ2n) is 4.21. The van der Waals surface area contributed by atoms with Crippen LogP contribution in [0, 0.1) is 5.82 Å². The van der Waals surface area contributed by atoms with Gasteiger partial charge in [0.25, 0.3) is 5.91 Å². The van der Waals surface area contributed by atoms with Crippen LogP contribution in [0.1, 0.15) is 15.9 Å². The maximum Gasteiger partial charge on any atom is 0.416 e. The van der Waals surface area contributed by atoms with Crippen molar-refractivity contribution >= 4 is 11.7 Å². The van der Waals surface area contributed by atoms with Crippen LogP contribution in [0.4, 0.5) is 23.4 Å². The van der Waals surface area contributed by atoms with Gasteiger partial charge in [0, 0.05) is 17.3 Å². The Morgan fingerprint density at radius 2 is 1.86 bits per heavy atom. The quantitative estimate of drug-likeness (QED) is 0.836. The van der Waals surface area contributed by atoms with E-state index in [9.17, 15) is 22.4 Å². The van der Waals surface area contributed by atoms with Crippen LogP contribution in [-0.4, -0.2) is 10.9 Å². The van der Waals surface area contributed by atoms with Crippen molar-refractivity contribution in [2.45, 2.75) is 6.18 Å². The molecule has 0 saturated heterocycles. The first-order valence-corrected chi connectivity index (χ1v) is 5.62. The minimum Gasteiger partial charge on any atom is -0.383 e. The number of amides is 1. The summed E-state index contributed by atoms with van der Waals surface area (Å²) in [6.45, 7) is 0. The van der Waals surface area contributed by atoms with Gasteiger partial charge in [0.15, 0.2) is 0 Å². The number of pyridine rings is 1. The first-order chi connectivity index (χ1) is 9.70. The van der Waals surface area contributed by atoms with Crippen LogP contribution in [0.25, 0.3) is 11.1 Å². The summed E-state index contributed by atoms with van der Waals surface area (Å²) in [5.41, 5.74) is 8.90. The molecular weight excluding hydrogens is 290 g/mol. The van der Waals surface area contributed by atoms with E-state index in [4.69, 9.17) is 11.5 Å². The Morgan fingerprint density at radius 1 is 1.19 bits per heavy atom. The summed E-state index contributed by atoms with van der Waals surface area (Å²) in [5.74, 6) is -1.97. The molecule has 0 bridgehead atoms. The number of anilines is 1. The van der Waals surface area contributed by atoms with E-state index in [1.54, 1.807) is 0 Å². The molecule has 0 saturated carbocycles. The van der Waals surface area contributed by atoms with Gasteiger partial charge in [-0.3, -0.25) is 4.79 Å². The fraction of sp³-hybridized carbons (Fsp3) is 0.0769. The average Bonchev–Trinajstić information content (AvgIpc) is 2.38. The molecule has 0 aliphatic carbocycles. The number of carbonyl (C=O) groups excluding carboxylic acids is 1. The van der Waals surface area contributed by atoms with Crippen molar-refractivity contribution in [2.75, 3.05) is 5.73 Å². The van der Waals surface area contributed by atoms with Gasteiger partial charge in [0.05, 0.1) is 11.1 Å². The van der Waals surface area contributed by atoms with Crippen LogP contribution in [0.15, 0.2) is 30.5 Å². The zero-order valence-corrected chi connectivity index (χ0v) is 10.4. The summed E-state index contributed by atoms with van der Waals surface area (Å²) in [4.78, 5) is 14.8. The van der Waals surface area contributed by atoms with Gasteiger partial charge < -0.3 is 11.5 Å². The smallest absolute Gasteiger partial charge is 0.383 e. The number of hydrogen-bond acceptors (Lipinski definition) is 3. The molecule has 0 spiro atoms. The Hall–Kier alpha value is -2.64. The van der Waals surface area contributed by atoms with E-state index in [1.165, 1.54) is 0 Å². The molecule has 2 aromatic rings. The number of benzene rings is 1. The van der Waals surface area contributed by atoms with E-state index in [0.717, 1.165) is 12.3 Å². The van der Waals surface area contributed by atoms with Gasteiger partial charge in [-0.1, -0.05) is 0 Å². The van der Waals surface area contributed by atoms with Gasteiger partial charge in [-0.05, 0) is 24.3 Å². The molecule has 1 heterocycles. The molecule has 0 unspecified atom stereocenters. The highest BCUT2D eigenvalue weighted by molar-refractivity contribution is 5.98. The molecule has 110 valence electrons. The molecule has 0 aliphatic rings. The zero-order chi connectivity index (χ0) is 15.8. The molecule has 0 radical (unpaired) electrons. The summed E-state index contributed by atoms with van der Waals surface area (Å²) >= 11 is 0. The molecule has 0 aliphatic heterocycles. The molecule has 1 aromatic heterocycles. The van der Waals surface area contributed by atoms with Gasteiger partial charge in [0.2, 0.25) is 0 Å². The highest BCUT2D eigenvalue weighted by Crippen LogP contribution is 2.33. The number of hydrogen-bond donors (Lipinski definition) is 2. The number of nitrogens with zero attached hydrogens (tertiary/aromatic N) is 1. The van der Waals surface area contributed by atoms with Gasteiger partial charge in [-0.2, -0.15) is 13.2 Å². The number of aromatic nitrogens is 1. The van der Waals surface area contributed by atoms with Crippen molar-refractivity contribution in [1.82, 2.24) is 4.98 Å². The lowest BCUT2D eigenvalue weighted by Crippen LogP contribution is -2.14. The van der Waals surface area contributed by atoms with E-state index in [1.807, 2.05) is 0 Å². The summed E-state index contributed by atoms with van der Waals surface area (Å²) < 4.78 is 51.7. The predicted molar refractivity (Wildman–Crippen MR) is 67.6 cm³/mol. The van der Waals surface area contributed by atoms with E-state index < -0.39 is 23.5 Å². The Balaban J connectivity index is 2.61. The summed E-state index contributed by atoms with van der Waals surface area (Å²) in [6.07, 6.45) is -3.55. The standard InChI is InChI=1S/C13H9F4N3O/c14-10-2-1-7(13(15,16)17)4-8(10)6-3-9(12(19)21)11(18)20-5-6/h1-5H,(H2,18,20)(H2,19,21). The second-order valence-corrected chi connectivity index (χ2v) is 4.21. The zero-order valence-electron chi connectivity index (χ0n) is 10.4. The number of nitrogen functional groups attached to an aromatic ring is 1. The van der Waals surface area contributed by atoms with Crippen molar-refractivity contribution < 1.29 is 22.4 Å². The number of halogens is 4. The normalized spacial score (nSPS) is 11.4. The summed E-state index contributed by atoms with van der Waals surface area (Å²) in [7, 11) is 0. The van der Waals surface area contributed by atoms with Crippen LogP contribution >= 0.6 is 0 Å². The maximum absolute atomic E-state index is 13.7. The molecule has 8 heteroatoms. The minimum atomic E-state index is -4.61. The number of nitrogens with two attached hydrogens (primary N) is 2. The predicted octanol–water partition coefficient (Wildman–Crippen LogP) is 2.59. The van der Waals surface area contributed by atoms with Gasteiger partial charge >= 0.3 is 6.18 Å². The van der Waals surface area contributed by atoms with Crippen molar-refractivity contribution in [3.05, 3.63) is 47.4 Å². The molecule has 2 rings (SSSR count). The molecule has 0 atom stereocenters. The van der Waals surface area contributed by atoms with Crippen molar-refractivity contribution in [3.63, 3.8) is 0 Å². The lowest BCUT2D eigenvalue weighted by Gasteiger charge is -2.11.